The quantitative estimate of drug-likeness (QED) is 0.199. The number of para-hydroxylation sites is 1. The van der Waals surface area contributed by atoms with E-state index in [1.807, 2.05) is 72.5 Å². The molecule has 0 aromatic heterocycles. The van der Waals surface area contributed by atoms with Crippen molar-refractivity contribution in [2.45, 2.75) is 30.6 Å². The predicted octanol–water partition coefficient (Wildman–Crippen LogP) is 7.93. The third-order valence-electron chi connectivity index (χ3n) is 7.35. The Morgan fingerprint density at radius 3 is 2.37 bits per heavy atom. The van der Waals surface area contributed by atoms with Crippen molar-refractivity contribution in [3.05, 3.63) is 113 Å². The Morgan fingerprint density at radius 1 is 1.05 bits per heavy atom. The molecule has 1 unspecified atom stereocenters. The van der Waals surface area contributed by atoms with Gasteiger partial charge in [0.2, 0.25) is 0 Å². The van der Waals surface area contributed by atoms with E-state index in [4.69, 9.17) is 16.3 Å². The number of carboxylic acids is 1. The highest BCUT2D eigenvalue weighted by Crippen LogP contribution is 2.60. The Bertz CT molecular complexity index is 1560. The van der Waals surface area contributed by atoms with E-state index < -0.39 is 40.3 Å². The third-order valence-corrected chi connectivity index (χ3v) is 9.65. The maximum atomic E-state index is 14.2. The molecule has 0 radical (unpaired) electrons. The molecule has 1 aliphatic heterocycles. The van der Waals surface area contributed by atoms with Crippen LogP contribution in [0.4, 0.5) is 15.8 Å². The molecule has 0 aliphatic carbocycles. The summed E-state index contributed by atoms with van der Waals surface area (Å²) in [6.45, 7) is 2.62. The normalized spacial score (nSPS) is 18.3. The number of fused-ring (bicyclic) bond motifs is 1. The second-order valence-electron chi connectivity index (χ2n) is 9.88. The average molecular weight is 597 g/mol. The minimum atomic E-state index is -3.59. The Morgan fingerprint density at radius 2 is 1.71 bits per heavy atom. The largest absolute Gasteiger partial charge is 0.478 e. The lowest BCUT2D eigenvalue weighted by Crippen LogP contribution is -2.47. The van der Waals surface area contributed by atoms with Crippen LogP contribution in [0.5, 0.6) is 0 Å². The van der Waals surface area contributed by atoms with Crippen LogP contribution in [0, 0.1) is 5.82 Å². The number of aromatic carboxylic acids is 1. The van der Waals surface area contributed by atoms with Crippen LogP contribution in [0.25, 0.3) is 11.1 Å². The SMILES string of the molecule is C[C@H](OCc1ccccc1)C1CN(c2ccccc2)c2cc(Cl)c(-c3ccc(F)c(C(=O)O)c3)cc2S(O)(O)N1C. The summed E-state index contributed by atoms with van der Waals surface area (Å²) in [5, 5.41) is 9.69. The minimum absolute atomic E-state index is 0.210. The van der Waals surface area contributed by atoms with Gasteiger partial charge >= 0.3 is 5.97 Å². The van der Waals surface area contributed by atoms with Crippen LogP contribution in [0.3, 0.4) is 0 Å². The monoisotopic (exact) mass is 596 g/mol. The zero-order chi connectivity index (χ0) is 29.3. The van der Waals surface area contributed by atoms with Gasteiger partial charge in [-0.2, -0.15) is 4.31 Å². The van der Waals surface area contributed by atoms with E-state index in [0.29, 0.717) is 30.0 Å². The Hall–Kier alpha value is -3.44. The molecule has 5 rings (SSSR count). The van der Waals surface area contributed by atoms with Crippen molar-refractivity contribution in [2.75, 3.05) is 18.5 Å². The molecule has 214 valence electrons. The lowest BCUT2D eigenvalue weighted by molar-refractivity contribution is 0.0130. The Kier molecular flexibility index (Phi) is 8.37. The second-order valence-corrected chi connectivity index (χ2v) is 12.3. The summed E-state index contributed by atoms with van der Waals surface area (Å²) in [5.74, 6) is -2.29. The van der Waals surface area contributed by atoms with Crippen molar-refractivity contribution in [2.24, 2.45) is 0 Å². The number of anilines is 2. The summed E-state index contributed by atoms with van der Waals surface area (Å²) >= 11 is 6.76. The number of hydrogen-bond acceptors (Lipinski definition) is 6. The number of nitrogens with zero attached hydrogens (tertiary/aromatic N) is 2. The van der Waals surface area contributed by atoms with Gasteiger partial charge in [0.05, 0.1) is 39.9 Å². The molecule has 1 aliphatic rings. The van der Waals surface area contributed by atoms with E-state index in [2.05, 4.69) is 0 Å². The average Bonchev–Trinajstić information content (AvgIpc) is 3.04. The van der Waals surface area contributed by atoms with E-state index in [9.17, 15) is 23.4 Å². The first kappa shape index (κ1) is 29.1. The summed E-state index contributed by atoms with van der Waals surface area (Å²) in [6, 6.07) is 25.7. The standard InChI is InChI=1S/C31H30ClFN2O5S/c1-20(40-19-21-9-5-3-6-10-21)29-18-35(23-11-7-4-8-12-23)28-17-26(32)24(16-30(28)41(38,39)34(29)2)22-13-14-27(33)25(15-22)31(36)37/h3-17,20,29,38-39H,18-19H2,1-2H3,(H,36,37)/t20-,29?/m0/s1. The summed E-state index contributed by atoms with van der Waals surface area (Å²) < 4.78 is 45.5. The van der Waals surface area contributed by atoms with E-state index >= 15 is 0 Å². The molecule has 4 aromatic carbocycles. The summed E-state index contributed by atoms with van der Waals surface area (Å²) in [6.07, 6.45) is -0.405. The van der Waals surface area contributed by atoms with E-state index in [0.717, 1.165) is 17.3 Å². The number of halogens is 2. The van der Waals surface area contributed by atoms with Gasteiger partial charge in [0.1, 0.15) is 5.82 Å². The highest BCUT2D eigenvalue weighted by Gasteiger charge is 2.40. The molecule has 7 nitrogen and oxygen atoms in total. The third kappa shape index (κ3) is 5.83. The fourth-order valence-corrected chi connectivity index (χ4v) is 6.92. The van der Waals surface area contributed by atoms with Crippen LogP contribution in [-0.4, -0.2) is 50.2 Å². The number of likely N-dealkylation sites (N-methyl/N-ethyl adjacent to an activating group) is 1. The first-order valence-corrected chi connectivity index (χ1v) is 14.8. The van der Waals surface area contributed by atoms with Gasteiger partial charge in [-0.05, 0) is 54.4 Å². The Labute approximate surface area is 244 Å². The molecule has 10 heteroatoms. The van der Waals surface area contributed by atoms with Gasteiger partial charge in [0.25, 0.3) is 0 Å². The summed E-state index contributed by atoms with van der Waals surface area (Å²) in [7, 11) is -1.95. The molecule has 0 fully saturated rings. The molecule has 3 N–H and O–H groups in total. The smallest absolute Gasteiger partial charge is 0.338 e. The van der Waals surface area contributed by atoms with Crippen LogP contribution in [0.1, 0.15) is 22.8 Å². The fourth-order valence-electron chi connectivity index (χ4n) is 5.00. The molecule has 0 saturated heterocycles. The van der Waals surface area contributed by atoms with Crippen LogP contribution >= 0.6 is 22.4 Å². The van der Waals surface area contributed by atoms with Crippen molar-refractivity contribution < 1.29 is 28.1 Å². The van der Waals surface area contributed by atoms with Crippen LogP contribution in [-0.2, 0) is 11.3 Å². The maximum Gasteiger partial charge on any atom is 0.338 e. The van der Waals surface area contributed by atoms with Gasteiger partial charge in [-0.1, -0.05) is 66.2 Å². The molecule has 4 aromatic rings. The lowest BCUT2D eigenvalue weighted by atomic mass is 10.0. The molecule has 1 heterocycles. The van der Waals surface area contributed by atoms with Gasteiger partial charge in [-0.25, -0.2) is 9.18 Å². The minimum Gasteiger partial charge on any atom is -0.478 e. The van der Waals surface area contributed by atoms with Crippen molar-refractivity contribution in [1.29, 1.82) is 0 Å². The van der Waals surface area contributed by atoms with E-state index in [-0.39, 0.29) is 9.92 Å². The topological polar surface area (TPSA) is 93.5 Å². The molecule has 0 bridgehead atoms. The van der Waals surface area contributed by atoms with Crippen LogP contribution < -0.4 is 4.90 Å². The molecule has 0 saturated carbocycles. The zero-order valence-electron chi connectivity index (χ0n) is 22.4. The number of hydrogen-bond donors (Lipinski definition) is 3. The van der Waals surface area contributed by atoms with Crippen molar-refractivity contribution in [3.8, 4) is 11.1 Å². The number of carbonyl (C=O) groups is 1. The highest BCUT2D eigenvalue weighted by molar-refractivity contribution is 8.22. The van der Waals surface area contributed by atoms with Crippen molar-refractivity contribution in [3.63, 3.8) is 0 Å². The van der Waals surface area contributed by atoms with Crippen LogP contribution in [0.2, 0.25) is 5.02 Å². The molecule has 41 heavy (non-hydrogen) atoms. The first-order valence-electron chi connectivity index (χ1n) is 12.9. The van der Waals surface area contributed by atoms with Gasteiger partial charge < -0.3 is 14.7 Å². The molecular weight excluding hydrogens is 567 g/mol. The van der Waals surface area contributed by atoms with Gasteiger partial charge in [-0.15, -0.1) is 10.8 Å². The Balaban J connectivity index is 1.61. The number of benzene rings is 4. The second kappa shape index (κ2) is 11.8. The number of rotatable bonds is 7. The fraction of sp³-hybridized carbons (Fsp3) is 0.194. The number of carboxylic acid groups (broad SMARTS) is 1. The zero-order valence-corrected chi connectivity index (χ0v) is 24.0. The maximum absolute atomic E-state index is 14.2. The predicted molar refractivity (Wildman–Crippen MR) is 161 cm³/mol. The van der Waals surface area contributed by atoms with Gasteiger partial charge in [-0.3, -0.25) is 9.11 Å². The molecule has 2 atom stereocenters. The van der Waals surface area contributed by atoms with Crippen molar-refractivity contribution >= 4 is 39.7 Å². The summed E-state index contributed by atoms with van der Waals surface area (Å²) in [5.41, 5.74) is 2.49. The van der Waals surface area contributed by atoms with Crippen molar-refractivity contribution in [1.82, 2.24) is 4.31 Å². The van der Waals surface area contributed by atoms with E-state index in [1.165, 1.54) is 16.4 Å². The number of ether oxygens (including phenoxy) is 1. The van der Waals surface area contributed by atoms with Gasteiger partial charge in [0, 0.05) is 24.8 Å². The first-order chi connectivity index (χ1) is 19.6. The highest BCUT2D eigenvalue weighted by atomic mass is 35.5. The molecule has 0 amide bonds. The molecular formula is C31H30ClFN2O5S. The summed E-state index contributed by atoms with van der Waals surface area (Å²) in [4.78, 5) is 13.8. The lowest BCUT2D eigenvalue weighted by Gasteiger charge is -2.44. The molecule has 0 spiro atoms. The van der Waals surface area contributed by atoms with Gasteiger partial charge in [0.15, 0.2) is 0 Å². The van der Waals surface area contributed by atoms with Crippen LogP contribution in [0.15, 0.2) is 95.9 Å². The van der Waals surface area contributed by atoms with E-state index in [1.54, 1.807) is 19.2 Å².